The molecule has 1 aliphatic rings. The molecule has 1 aliphatic heterocycles. The molecule has 0 aromatic heterocycles. The van der Waals surface area contributed by atoms with Gasteiger partial charge in [-0.05, 0) is 56.1 Å². The summed E-state index contributed by atoms with van der Waals surface area (Å²) in [6.07, 6.45) is 3.41. The van der Waals surface area contributed by atoms with Gasteiger partial charge in [-0.3, -0.25) is 4.79 Å². The molecule has 5 nitrogen and oxygen atoms in total. The Bertz CT molecular complexity index is 782. The highest BCUT2D eigenvalue weighted by molar-refractivity contribution is 6.07. The lowest BCUT2D eigenvalue weighted by atomic mass is 10.1. The van der Waals surface area contributed by atoms with Crippen molar-refractivity contribution >= 4 is 17.5 Å². The topological polar surface area (TPSA) is 50.8 Å². The molecule has 0 saturated carbocycles. The summed E-state index contributed by atoms with van der Waals surface area (Å²) in [4.78, 5) is 14.5. The van der Waals surface area contributed by atoms with Gasteiger partial charge in [-0.25, -0.2) is 0 Å². The van der Waals surface area contributed by atoms with Crippen molar-refractivity contribution in [3.05, 3.63) is 59.7 Å². The maximum absolute atomic E-state index is 12.4. The molecular weight excluding hydrogens is 328 g/mol. The minimum atomic E-state index is -0.0600. The summed E-state index contributed by atoms with van der Waals surface area (Å²) >= 11 is 0. The van der Waals surface area contributed by atoms with Gasteiger partial charge in [0.05, 0.1) is 0 Å². The van der Waals surface area contributed by atoms with Crippen LogP contribution in [0.3, 0.4) is 0 Å². The summed E-state index contributed by atoms with van der Waals surface area (Å²) in [5, 5.41) is 3.36. The summed E-state index contributed by atoms with van der Waals surface area (Å²) < 4.78 is 11.0. The number of ketones is 1. The van der Waals surface area contributed by atoms with Crippen molar-refractivity contribution in [3.8, 4) is 11.5 Å². The van der Waals surface area contributed by atoms with Crippen LogP contribution in [0.15, 0.2) is 48.5 Å². The average Bonchev–Trinajstić information content (AvgIpc) is 2.66. The lowest BCUT2D eigenvalue weighted by molar-refractivity contribution is 0.104. The predicted molar refractivity (Wildman–Crippen MR) is 104 cm³/mol. The van der Waals surface area contributed by atoms with Crippen molar-refractivity contribution in [3.63, 3.8) is 0 Å². The van der Waals surface area contributed by atoms with E-state index in [1.165, 1.54) is 0 Å². The smallest absolute Gasteiger partial charge is 0.185 e. The SMILES string of the molecule is CN(C)CCNc1ccc(C=CC(=O)c2ccc3c(c2)OCCO3)cc1. The van der Waals surface area contributed by atoms with Crippen molar-refractivity contribution in [1.29, 1.82) is 0 Å². The number of rotatable bonds is 7. The van der Waals surface area contributed by atoms with Crippen LogP contribution in [-0.2, 0) is 0 Å². The molecule has 0 spiro atoms. The number of hydrogen-bond donors (Lipinski definition) is 1. The van der Waals surface area contributed by atoms with E-state index in [1.807, 2.05) is 44.4 Å². The first-order chi connectivity index (χ1) is 12.6. The molecular formula is C21H24N2O3. The van der Waals surface area contributed by atoms with Crippen LogP contribution < -0.4 is 14.8 Å². The van der Waals surface area contributed by atoms with Gasteiger partial charge in [-0.15, -0.1) is 0 Å². The fourth-order valence-corrected chi connectivity index (χ4v) is 2.60. The molecule has 0 unspecified atom stereocenters. The molecule has 0 radical (unpaired) electrons. The zero-order valence-corrected chi connectivity index (χ0v) is 15.2. The van der Waals surface area contributed by atoms with Crippen LogP contribution >= 0.6 is 0 Å². The standard InChI is InChI=1S/C21H24N2O3/c1-23(2)12-11-22-18-7-3-16(4-8-18)5-9-19(24)17-6-10-20-21(15-17)26-14-13-25-20/h3-10,15,22H,11-14H2,1-2H3. The van der Waals surface area contributed by atoms with E-state index in [4.69, 9.17) is 9.47 Å². The number of nitrogens with one attached hydrogen (secondary N) is 1. The summed E-state index contributed by atoms with van der Waals surface area (Å²) in [5.74, 6) is 1.26. The quantitative estimate of drug-likeness (QED) is 0.612. The Morgan fingerprint density at radius 3 is 2.54 bits per heavy atom. The molecule has 5 heteroatoms. The van der Waals surface area contributed by atoms with Crippen LogP contribution in [0.25, 0.3) is 6.08 Å². The highest BCUT2D eigenvalue weighted by Crippen LogP contribution is 2.31. The Labute approximate surface area is 154 Å². The lowest BCUT2D eigenvalue weighted by Crippen LogP contribution is -2.20. The van der Waals surface area contributed by atoms with Gasteiger partial charge in [0.15, 0.2) is 17.3 Å². The first kappa shape index (κ1) is 18.0. The number of carbonyl (C=O) groups excluding carboxylic acids is 1. The molecule has 2 aromatic rings. The molecule has 0 atom stereocenters. The van der Waals surface area contributed by atoms with Crippen molar-refractivity contribution < 1.29 is 14.3 Å². The van der Waals surface area contributed by atoms with E-state index < -0.39 is 0 Å². The summed E-state index contributed by atoms with van der Waals surface area (Å²) in [6, 6.07) is 13.3. The van der Waals surface area contributed by atoms with Gasteiger partial charge in [-0.1, -0.05) is 18.2 Å². The minimum absolute atomic E-state index is 0.0600. The number of allylic oxidation sites excluding steroid dienone is 1. The van der Waals surface area contributed by atoms with E-state index in [1.54, 1.807) is 24.3 Å². The van der Waals surface area contributed by atoms with Crippen LogP contribution in [0, 0.1) is 0 Å². The Morgan fingerprint density at radius 1 is 1.08 bits per heavy atom. The van der Waals surface area contributed by atoms with Crippen LogP contribution in [0.5, 0.6) is 11.5 Å². The predicted octanol–water partition coefficient (Wildman–Crippen LogP) is 3.33. The molecule has 136 valence electrons. The first-order valence-electron chi connectivity index (χ1n) is 8.72. The van der Waals surface area contributed by atoms with Gasteiger partial charge in [0, 0.05) is 24.3 Å². The Morgan fingerprint density at radius 2 is 1.81 bits per heavy atom. The first-order valence-corrected chi connectivity index (χ1v) is 8.72. The number of ether oxygens (including phenoxy) is 2. The third-order valence-corrected chi connectivity index (χ3v) is 4.05. The van der Waals surface area contributed by atoms with Crippen LogP contribution in [0.2, 0.25) is 0 Å². The minimum Gasteiger partial charge on any atom is -0.486 e. The maximum atomic E-state index is 12.4. The second-order valence-electron chi connectivity index (χ2n) is 6.41. The van der Waals surface area contributed by atoms with Crippen molar-refractivity contribution in [2.45, 2.75) is 0 Å². The summed E-state index contributed by atoms with van der Waals surface area (Å²) in [6.45, 7) is 2.92. The Balaban J connectivity index is 1.59. The Hall–Kier alpha value is -2.79. The van der Waals surface area contributed by atoms with Gasteiger partial charge in [0.1, 0.15) is 13.2 Å². The fourth-order valence-electron chi connectivity index (χ4n) is 2.60. The molecule has 1 heterocycles. The van der Waals surface area contributed by atoms with E-state index in [2.05, 4.69) is 10.2 Å². The van der Waals surface area contributed by atoms with Gasteiger partial charge in [-0.2, -0.15) is 0 Å². The zero-order valence-electron chi connectivity index (χ0n) is 15.2. The second kappa shape index (κ2) is 8.54. The highest BCUT2D eigenvalue weighted by atomic mass is 16.6. The number of fused-ring (bicyclic) bond motifs is 1. The van der Waals surface area contributed by atoms with E-state index >= 15 is 0 Å². The summed E-state index contributed by atoms with van der Waals surface area (Å²) in [7, 11) is 4.10. The second-order valence-corrected chi connectivity index (χ2v) is 6.41. The van der Waals surface area contributed by atoms with Crippen LogP contribution in [0.4, 0.5) is 5.69 Å². The molecule has 3 rings (SSSR count). The van der Waals surface area contributed by atoms with Gasteiger partial charge in [0.25, 0.3) is 0 Å². The fraction of sp³-hybridized carbons (Fsp3) is 0.286. The molecule has 0 fully saturated rings. The molecule has 0 aliphatic carbocycles. The normalized spacial score (nSPS) is 13.2. The number of benzene rings is 2. The molecule has 0 amide bonds. The molecule has 2 aromatic carbocycles. The average molecular weight is 352 g/mol. The van der Waals surface area contributed by atoms with Gasteiger partial charge >= 0.3 is 0 Å². The number of hydrogen-bond acceptors (Lipinski definition) is 5. The van der Waals surface area contributed by atoms with Crippen molar-refractivity contribution in [2.75, 3.05) is 45.7 Å². The van der Waals surface area contributed by atoms with Gasteiger partial charge < -0.3 is 19.7 Å². The van der Waals surface area contributed by atoms with E-state index in [9.17, 15) is 4.79 Å². The van der Waals surface area contributed by atoms with E-state index in [0.717, 1.165) is 24.3 Å². The zero-order chi connectivity index (χ0) is 18.4. The molecule has 26 heavy (non-hydrogen) atoms. The third kappa shape index (κ3) is 4.86. The van der Waals surface area contributed by atoms with Crippen molar-refractivity contribution in [1.82, 2.24) is 4.90 Å². The number of carbonyl (C=O) groups is 1. The summed E-state index contributed by atoms with van der Waals surface area (Å²) in [5.41, 5.74) is 2.64. The third-order valence-electron chi connectivity index (χ3n) is 4.05. The maximum Gasteiger partial charge on any atom is 0.185 e. The van der Waals surface area contributed by atoms with Crippen LogP contribution in [-0.4, -0.2) is 51.1 Å². The number of nitrogens with zero attached hydrogens (tertiary/aromatic N) is 1. The Kier molecular flexibility index (Phi) is 5.92. The monoisotopic (exact) mass is 352 g/mol. The lowest BCUT2D eigenvalue weighted by Gasteiger charge is -2.18. The van der Waals surface area contributed by atoms with Gasteiger partial charge in [0.2, 0.25) is 0 Å². The van der Waals surface area contributed by atoms with E-state index in [0.29, 0.717) is 30.3 Å². The molecule has 0 bridgehead atoms. The molecule has 1 N–H and O–H groups in total. The van der Waals surface area contributed by atoms with E-state index in [-0.39, 0.29) is 5.78 Å². The number of likely N-dealkylation sites (N-methyl/N-ethyl adjacent to an activating group) is 1. The number of anilines is 1. The largest absolute Gasteiger partial charge is 0.486 e. The molecule has 0 saturated heterocycles. The van der Waals surface area contributed by atoms with Crippen molar-refractivity contribution in [2.24, 2.45) is 0 Å². The van der Waals surface area contributed by atoms with Crippen LogP contribution in [0.1, 0.15) is 15.9 Å². The highest BCUT2D eigenvalue weighted by Gasteiger charge is 2.13.